The molecule has 0 bridgehead atoms. The molecule has 160 valence electrons. The fraction of sp³-hybridized carbons (Fsp3) is 0.136. The number of anilines is 2. The van der Waals surface area contributed by atoms with Gasteiger partial charge in [-0.3, -0.25) is 19.6 Å². The summed E-state index contributed by atoms with van der Waals surface area (Å²) < 4.78 is 11.0. The zero-order valence-corrected chi connectivity index (χ0v) is 17.7. The normalized spacial score (nSPS) is 12.4. The number of thiophene rings is 1. The second kappa shape index (κ2) is 8.23. The summed E-state index contributed by atoms with van der Waals surface area (Å²) in [5.41, 5.74) is 2.65. The van der Waals surface area contributed by atoms with E-state index in [9.17, 15) is 9.59 Å². The number of fused-ring (bicyclic) bond motifs is 2. The maximum absolute atomic E-state index is 12.7. The van der Waals surface area contributed by atoms with Crippen molar-refractivity contribution in [3.05, 3.63) is 65.1 Å². The summed E-state index contributed by atoms with van der Waals surface area (Å²) in [6, 6.07) is 8.37. The Bertz CT molecular complexity index is 1320. The molecule has 0 saturated heterocycles. The number of rotatable bonds is 4. The molecule has 2 N–H and O–H groups in total. The van der Waals surface area contributed by atoms with E-state index in [1.165, 1.54) is 17.5 Å². The summed E-state index contributed by atoms with van der Waals surface area (Å²) >= 11 is 1.26. The van der Waals surface area contributed by atoms with Crippen LogP contribution >= 0.6 is 11.3 Å². The van der Waals surface area contributed by atoms with Crippen LogP contribution in [0.15, 0.2) is 48.9 Å². The third kappa shape index (κ3) is 3.95. The number of benzene rings is 1. The van der Waals surface area contributed by atoms with E-state index in [0.717, 1.165) is 0 Å². The van der Waals surface area contributed by atoms with Gasteiger partial charge in [0.1, 0.15) is 23.6 Å². The van der Waals surface area contributed by atoms with Crippen molar-refractivity contribution in [1.29, 1.82) is 0 Å². The van der Waals surface area contributed by atoms with Gasteiger partial charge in [-0.2, -0.15) is 0 Å². The molecule has 0 aliphatic carbocycles. The first-order valence-electron chi connectivity index (χ1n) is 9.76. The molecule has 4 aromatic rings. The molecule has 9 nitrogen and oxygen atoms in total. The number of ether oxygens (including phenoxy) is 2. The van der Waals surface area contributed by atoms with E-state index in [4.69, 9.17) is 9.47 Å². The average Bonchev–Trinajstić information content (AvgIpc) is 3.25. The van der Waals surface area contributed by atoms with Crippen molar-refractivity contribution in [2.45, 2.75) is 6.92 Å². The molecular formula is C22H17N5O4S. The van der Waals surface area contributed by atoms with Crippen LogP contribution in [0.25, 0.3) is 10.3 Å². The molecule has 0 saturated carbocycles. The molecule has 1 aromatic carbocycles. The van der Waals surface area contributed by atoms with E-state index in [1.807, 2.05) is 0 Å². The van der Waals surface area contributed by atoms with Crippen molar-refractivity contribution in [2.75, 3.05) is 23.8 Å². The predicted octanol–water partition coefficient (Wildman–Crippen LogP) is 3.67. The van der Waals surface area contributed by atoms with Crippen LogP contribution in [0.5, 0.6) is 11.5 Å². The highest BCUT2D eigenvalue weighted by Gasteiger charge is 2.17. The largest absolute Gasteiger partial charge is 0.486 e. The van der Waals surface area contributed by atoms with Crippen LogP contribution in [-0.4, -0.2) is 40.0 Å². The number of amides is 2. The predicted molar refractivity (Wildman–Crippen MR) is 120 cm³/mol. The topological polar surface area (TPSA) is 115 Å². The van der Waals surface area contributed by atoms with E-state index < -0.39 is 0 Å². The lowest BCUT2D eigenvalue weighted by atomic mass is 10.1. The van der Waals surface area contributed by atoms with Crippen molar-refractivity contribution < 1.29 is 19.1 Å². The molecule has 1 aliphatic heterocycles. The van der Waals surface area contributed by atoms with Crippen LogP contribution in [0.1, 0.15) is 25.7 Å². The molecule has 0 radical (unpaired) electrons. The minimum Gasteiger partial charge on any atom is -0.486 e. The summed E-state index contributed by atoms with van der Waals surface area (Å²) in [4.78, 5) is 39.3. The van der Waals surface area contributed by atoms with E-state index in [-0.39, 0.29) is 11.8 Å². The van der Waals surface area contributed by atoms with Gasteiger partial charge in [-0.15, -0.1) is 11.3 Å². The highest BCUT2D eigenvalue weighted by atomic mass is 32.1. The number of carbonyl (C=O) groups is 2. The van der Waals surface area contributed by atoms with Gasteiger partial charge >= 0.3 is 0 Å². The molecule has 0 atom stereocenters. The fourth-order valence-electron chi connectivity index (χ4n) is 3.18. The molecule has 0 unspecified atom stereocenters. The van der Waals surface area contributed by atoms with Crippen molar-refractivity contribution in [1.82, 2.24) is 15.0 Å². The maximum Gasteiger partial charge on any atom is 0.265 e. The van der Waals surface area contributed by atoms with Crippen LogP contribution in [0, 0.1) is 6.92 Å². The third-order valence-electron chi connectivity index (χ3n) is 4.79. The lowest BCUT2D eigenvalue weighted by molar-refractivity contribution is 0.102. The Labute approximate surface area is 186 Å². The van der Waals surface area contributed by atoms with Gasteiger partial charge < -0.3 is 20.1 Å². The fourth-order valence-corrected chi connectivity index (χ4v) is 4.04. The molecule has 4 heterocycles. The minimum atomic E-state index is -0.327. The van der Waals surface area contributed by atoms with E-state index in [1.54, 1.807) is 49.6 Å². The van der Waals surface area contributed by atoms with Crippen LogP contribution in [0.4, 0.5) is 11.4 Å². The van der Waals surface area contributed by atoms with Gasteiger partial charge in [0.15, 0.2) is 11.5 Å². The Hall–Kier alpha value is -4.05. The number of aromatic nitrogens is 3. The van der Waals surface area contributed by atoms with E-state index in [2.05, 4.69) is 25.6 Å². The molecule has 1 aliphatic rings. The number of hydrogen-bond acceptors (Lipinski definition) is 8. The van der Waals surface area contributed by atoms with Crippen molar-refractivity contribution in [3.8, 4) is 11.5 Å². The Morgan fingerprint density at radius 3 is 2.59 bits per heavy atom. The Kier molecular flexibility index (Phi) is 5.12. The molecule has 2 amide bonds. The van der Waals surface area contributed by atoms with Gasteiger partial charge in [0.2, 0.25) is 0 Å². The van der Waals surface area contributed by atoms with Gasteiger partial charge in [-0.25, -0.2) is 4.98 Å². The average molecular weight is 447 g/mol. The second-order valence-corrected chi connectivity index (χ2v) is 8.01. The molecule has 5 rings (SSSR count). The minimum absolute atomic E-state index is 0.296. The first-order valence-corrected chi connectivity index (χ1v) is 10.6. The van der Waals surface area contributed by atoms with Crippen LogP contribution in [0.3, 0.4) is 0 Å². The first kappa shape index (κ1) is 19.9. The van der Waals surface area contributed by atoms with E-state index in [0.29, 0.717) is 62.6 Å². The van der Waals surface area contributed by atoms with Gasteiger partial charge in [-0.1, -0.05) is 0 Å². The quantitative estimate of drug-likeness (QED) is 0.490. The standard InChI is InChI=1S/C22H17N5O4S/c1-12-15(27-21(29)19-10-16-22(32-19)24-5-4-23-16)9-14(11-25-12)26-20(28)13-2-3-17-18(8-13)31-7-6-30-17/h2-5,8-11H,6-7H2,1H3,(H,26,28)(H,27,29). The summed E-state index contributed by atoms with van der Waals surface area (Å²) in [6.45, 7) is 2.70. The van der Waals surface area contributed by atoms with Gasteiger partial charge in [0, 0.05) is 18.0 Å². The Morgan fingerprint density at radius 2 is 1.75 bits per heavy atom. The zero-order chi connectivity index (χ0) is 22.1. The number of aryl methyl sites for hydroxylation is 1. The number of nitrogens with one attached hydrogen (secondary N) is 2. The number of pyridine rings is 1. The first-order chi connectivity index (χ1) is 15.6. The van der Waals surface area contributed by atoms with Crippen LogP contribution < -0.4 is 20.1 Å². The molecule has 32 heavy (non-hydrogen) atoms. The number of hydrogen-bond donors (Lipinski definition) is 2. The summed E-state index contributed by atoms with van der Waals surface area (Å²) in [7, 11) is 0. The third-order valence-corrected chi connectivity index (χ3v) is 5.82. The zero-order valence-electron chi connectivity index (χ0n) is 16.9. The monoisotopic (exact) mass is 447 g/mol. The second-order valence-electron chi connectivity index (χ2n) is 6.98. The highest BCUT2D eigenvalue weighted by Crippen LogP contribution is 2.31. The molecule has 3 aromatic heterocycles. The summed E-state index contributed by atoms with van der Waals surface area (Å²) in [6.07, 6.45) is 4.70. The van der Waals surface area contributed by atoms with Crippen molar-refractivity contribution in [3.63, 3.8) is 0 Å². The SMILES string of the molecule is Cc1ncc(NC(=O)c2ccc3c(c2)OCCO3)cc1NC(=O)c1cc2nccnc2s1. The number of carbonyl (C=O) groups excluding carboxylic acids is 2. The smallest absolute Gasteiger partial charge is 0.265 e. The highest BCUT2D eigenvalue weighted by molar-refractivity contribution is 7.20. The van der Waals surface area contributed by atoms with Crippen LogP contribution in [0.2, 0.25) is 0 Å². The lowest BCUT2D eigenvalue weighted by Crippen LogP contribution is -2.17. The van der Waals surface area contributed by atoms with Crippen molar-refractivity contribution >= 4 is 44.9 Å². The Morgan fingerprint density at radius 1 is 0.938 bits per heavy atom. The van der Waals surface area contributed by atoms with Crippen molar-refractivity contribution in [2.24, 2.45) is 0 Å². The van der Waals surface area contributed by atoms with E-state index >= 15 is 0 Å². The van der Waals surface area contributed by atoms with Crippen LogP contribution in [-0.2, 0) is 0 Å². The number of nitrogens with zero attached hydrogens (tertiary/aromatic N) is 3. The lowest BCUT2D eigenvalue weighted by Gasteiger charge is -2.18. The van der Waals surface area contributed by atoms with Gasteiger partial charge in [0.05, 0.1) is 28.1 Å². The summed E-state index contributed by atoms with van der Waals surface area (Å²) in [5, 5.41) is 5.65. The molecule has 0 fully saturated rings. The van der Waals surface area contributed by atoms with Gasteiger partial charge in [-0.05, 0) is 37.3 Å². The van der Waals surface area contributed by atoms with Gasteiger partial charge in [0.25, 0.3) is 11.8 Å². The molecule has 0 spiro atoms. The Balaban J connectivity index is 1.33. The molecule has 10 heteroatoms. The summed E-state index contributed by atoms with van der Waals surface area (Å²) in [5.74, 6) is 0.522. The molecular weight excluding hydrogens is 430 g/mol. The maximum atomic E-state index is 12.7.